The lowest BCUT2D eigenvalue weighted by Gasteiger charge is -2.19. The molecule has 1 N–H and O–H groups in total. The second-order valence-corrected chi connectivity index (χ2v) is 4.57. The Labute approximate surface area is 122 Å². The number of hydrogen-bond acceptors (Lipinski definition) is 3. The first-order chi connectivity index (χ1) is 10.1. The van der Waals surface area contributed by atoms with Crippen molar-refractivity contribution in [3.05, 3.63) is 53.6 Å². The van der Waals surface area contributed by atoms with Crippen molar-refractivity contribution in [3.63, 3.8) is 0 Å². The van der Waals surface area contributed by atoms with Gasteiger partial charge in [0.15, 0.2) is 0 Å². The maximum Gasteiger partial charge on any atom is 0.146 e. The van der Waals surface area contributed by atoms with Gasteiger partial charge in [-0.1, -0.05) is 6.07 Å². The van der Waals surface area contributed by atoms with Crippen LogP contribution in [0.1, 0.15) is 18.5 Å². The van der Waals surface area contributed by atoms with Crippen molar-refractivity contribution >= 4 is 5.69 Å². The molecule has 0 bridgehead atoms. The summed E-state index contributed by atoms with van der Waals surface area (Å²) in [4.78, 5) is 0. The normalized spacial score (nSPS) is 11.9. The molecule has 0 saturated heterocycles. The van der Waals surface area contributed by atoms with Gasteiger partial charge in [0.25, 0.3) is 0 Å². The van der Waals surface area contributed by atoms with E-state index in [4.69, 9.17) is 9.47 Å². The number of hydrogen-bond donors (Lipinski definition) is 1. The van der Waals surface area contributed by atoms with Gasteiger partial charge in [-0.15, -0.1) is 0 Å². The Bertz CT molecular complexity index is 632. The molecule has 0 saturated carbocycles. The van der Waals surface area contributed by atoms with Crippen LogP contribution >= 0.6 is 0 Å². The molecule has 1 atom stereocenters. The number of nitrogens with one attached hydrogen (secondary N) is 1. The van der Waals surface area contributed by atoms with E-state index in [2.05, 4.69) is 5.32 Å². The van der Waals surface area contributed by atoms with Crippen molar-refractivity contribution in [1.82, 2.24) is 0 Å². The zero-order valence-electron chi connectivity index (χ0n) is 12.1. The monoisotopic (exact) mass is 293 g/mol. The third-order valence-corrected chi connectivity index (χ3v) is 3.21. The summed E-state index contributed by atoms with van der Waals surface area (Å²) in [6.07, 6.45) is 0. The number of benzene rings is 2. The predicted octanol–water partition coefficient (Wildman–Crippen LogP) is 4.16. The van der Waals surface area contributed by atoms with Gasteiger partial charge in [0.1, 0.15) is 23.1 Å². The van der Waals surface area contributed by atoms with Crippen LogP contribution in [0.4, 0.5) is 14.5 Å². The quantitative estimate of drug-likeness (QED) is 0.898. The van der Waals surface area contributed by atoms with Crippen molar-refractivity contribution in [2.75, 3.05) is 19.5 Å². The minimum Gasteiger partial charge on any atom is -0.497 e. The highest BCUT2D eigenvalue weighted by atomic mass is 19.1. The van der Waals surface area contributed by atoms with Gasteiger partial charge >= 0.3 is 0 Å². The van der Waals surface area contributed by atoms with Crippen LogP contribution in [0.3, 0.4) is 0 Å². The first-order valence-corrected chi connectivity index (χ1v) is 6.49. The molecule has 0 heterocycles. The van der Waals surface area contributed by atoms with Gasteiger partial charge in [0, 0.05) is 6.07 Å². The minimum absolute atomic E-state index is 0.243. The molecule has 0 fully saturated rings. The zero-order chi connectivity index (χ0) is 15.4. The second-order valence-electron chi connectivity index (χ2n) is 4.57. The number of anilines is 1. The van der Waals surface area contributed by atoms with Crippen LogP contribution in [-0.4, -0.2) is 14.2 Å². The van der Waals surface area contributed by atoms with E-state index in [1.165, 1.54) is 38.5 Å². The van der Waals surface area contributed by atoms with E-state index in [9.17, 15) is 8.78 Å². The van der Waals surface area contributed by atoms with Gasteiger partial charge in [-0.3, -0.25) is 0 Å². The lowest BCUT2D eigenvalue weighted by Crippen LogP contribution is -2.11. The average molecular weight is 293 g/mol. The molecule has 0 aliphatic rings. The Morgan fingerprint density at radius 3 is 2.43 bits per heavy atom. The van der Waals surface area contributed by atoms with Crippen LogP contribution in [0.5, 0.6) is 11.5 Å². The summed E-state index contributed by atoms with van der Waals surface area (Å²) < 4.78 is 38.0. The number of rotatable bonds is 5. The Hall–Kier alpha value is -2.30. The largest absolute Gasteiger partial charge is 0.497 e. The third kappa shape index (κ3) is 3.24. The van der Waals surface area contributed by atoms with Crippen LogP contribution in [-0.2, 0) is 0 Å². The smallest absolute Gasteiger partial charge is 0.146 e. The van der Waals surface area contributed by atoms with Crippen molar-refractivity contribution in [2.45, 2.75) is 13.0 Å². The molecule has 0 aliphatic heterocycles. The van der Waals surface area contributed by atoms with E-state index in [1.54, 1.807) is 19.1 Å². The van der Waals surface area contributed by atoms with Gasteiger partial charge in [-0.25, -0.2) is 8.78 Å². The molecule has 1 unspecified atom stereocenters. The van der Waals surface area contributed by atoms with E-state index in [-0.39, 0.29) is 5.69 Å². The summed E-state index contributed by atoms with van der Waals surface area (Å²) in [5, 5.41) is 2.94. The van der Waals surface area contributed by atoms with Crippen LogP contribution < -0.4 is 14.8 Å². The lowest BCUT2D eigenvalue weighted by atomic mass is 10.1. The van der Waals surface area contributed by atoms with Crippen LogP contribution in [0.25, 0.3) is 0 Å². The molecule has 2 aromatic rings. The Morgan fingerprint density at radius 1 is 1.00 bits per heavy atom. The fourth-order valence-corrected chi connectivity index (χ4v) is 2.16. The summed E-state index contributed by atoms with van der Waals surface area (Å²) in [6, 6.07) is 8.45. The van der Waals surface area contributed by atoms with Crippen molar-refractivity contribution < 1.29 is 18.3 Å². The molecule has 0 amide bonds. The first kappa shape index (κ1) is 15.1. The fourth-order valence-electron chi connectivity index (χ4n) is 2.16. The van der Waals surface area contributed by atoms with Crippen LogP contribution in [0, 0.1) is 11.6 Å². The Kier molecular flexibility index (Phi) is 4.62. The fraction of sp³-hybridized carbons (Fsp3) is 0.250. The highest BCUT2D eigenvalue weighted by molar-refractivity contribution is 5.52. The Morgan fingerprint density at radius 2 is 1.76 bits per heavy atom. The van der Waals surface area contributed by atoms with Crippen molar-refractivity contribution in [1.29, 1.82) is 0 Å². The van der Waals surface area contributed by atoms with E-state index < -0.39 is 17.7 Å². The zero-order valence-corrected chi connectivity index (χ0v) is 12.1. The minimum atomic E-state index is -0.470. The summed E-state index contributed by atoms with van der Waals surface area (Å²) in [7, 11) is 2.97. The van der Waals surface area contributed by atoms with Gasteiger partial charge in [-0.2, -0.15) is 0 Å². The molecule has 2 rings (SSSR count). The molecular weight excluding hydrogens is 276 g/mol. The van der Waals surface area contributed by atoms with E-state index >= 15 is 0 Å². The maximum absolute atomic E-state index is 14.0. The van der Waals surface area contributed by atoms with Gasteiger partial charge in [0.05, 0.1) is 31.5 Å². The first-order valence-electron chi connectivity index (χ1n) is 6.49. The molecule has 21 heavy (non-hydrogen) atoms. The average Bonchev–Trinajstić information content (AvgIpc) is 2.48. The lowest BCUT2D eigenvalue weighted by molar-refractivity contribution is 0.402. The SMILES string of the molecule is COc1ccc(F)c(NC(C)c2c(F)cccc2OC)c1. The van der Waals surface area contributed by atoms with Crippen LogP contribution in [0.15, 0.2) is 36.4 Å². The summed E-state index contributed by atoms with van der Waals surface area (Å²) in [5.41, 5.74) is 0.592. The molecule has 0 aliphatic carbocycles. The van der Waals surface area contributed by atoms with Gasteiger partial charge < -0.3 is 14.8 Å². The molecule has 112 valence electrons. The van der Waals surface area contributed by atoms with Crippen molar-refractivity contribution in [2.24, 2.45) is 0 Å². The topological polar surface area (TPSA) is 30.5 Å². The van der Waals surface area contributed by atoms with E-state index in [0.717, 1.165) is 0 Å². The summed E-state index contributed by atoms with van der Waals surface area (Å²) in [5.74, 6) is 0.0977. The maximum atomic E-state index is 14.0. The van der Waals surface area contributed by atoms with Gasteiger partial charge in [-0.05, 0) is 31.2 Å². The molecule has 0 aromatic heterocycles. The van der Waals surface area contributed by atoms with E-state index in [1.807, 2.05) is 0 Å². The highest BCUT2D eigenvalue weighted by Gasteiger charge is 2.17. The van der Waals surface area contributed by atoms with Gasteiger partial charge in [0.2, 0.25) is 0 Å². The summed E-state index contributed by atoms with van der Waals surface area (Å²) >= 11 is 0. The highest BCUT2D eigenvalue weighted by Crippen LogP contribution is 2.31. The third-order valence-electron chi connectivity index (χ3n) is 3.21. The molecule has 2 aromatic carbocycles. The molecular formula is C16H17F2NO2. The predicted molar refractivity (Wildman–Crippen MR) is 77.9 cm³/mol. The molecule has 3 nitrogen and oxygen atoms in total. The molecule has 0 radical (unpaired) electrons. The number of methoxy groups -OCH3 is 2. The Balaban J connectivity index is 2.32. The van der Waals surface area contributed by atoms with E-state index in [0.29, 0.717) is 17.1 Å². The van der Waals surface area contributed by atoms with Crippen LogP contribution in [0.2, 0.25) is 0 Å². The van der Waals surface area contributed by atoms with Crippen molar-refractivity contribution in [3.8, 4) is 11.5 Å². The second kappa shape index (κ2) is 6.43. The number of halogens is 2. The number of ether oxygens (including phenoxy) is 2. The summed E-state index contributed by atoms with van der Waals surface area (Å²) in [6.45, 7) is 1.74. The standard InChI is InChI=1S/C16H17F2NO2/c1-10(16-13(18)5-4-6-15(16)21-3)19-14-9-11(20-2)7-8-12(14)17/h4-10,19H,1-3H3. The molecule has 5 heteroatoms. The molecule has 0 spiro atoms.